The Balaban J connectivity index is 0.00000162. The SMILES string of the molecule is Cc1ccc(F)cc1C(=O)N1CCN[C@@H](C)C1.Cl. The largest absolute Gasteiger partial charge is 0.336 e. The van der Waals surface area contributed by atoms with Gasteiger partial charge in [0.15, 0.2) is 0 Å². The summed E-state index contributed by atoms with van der Waals surface area (Å²) in [4.78, 5) is 14.0. The highest BCUT2D eigenvalue weighted by Crippen LogP contribution is 2.14. The van der Waals surface area contributed by atoms with Crippen molar-refractivity contribution in [1.29, 1.82) is 0 Å². The molecular weight excluding hydrogens is 255 g/mol. The monoisotopic (exact) mass is 272 g/mol. The summed E-state index contributed by atoms with van der Waals surface area (Å²) in [5.74, 6) is -0.433. The number of piperazine rings is 1. The average Bonchev–Trinajstić information content (AvgIpc) is 2.31. The Bertz CT molecular complexity index is 439. The summed E-state index contributed by atoms with van der Waals surface area (Å²) in [6.07, 6.45) is 0. The predicted molar refractivity (Wildman–Crippen MR) is 71.8 cm³/mol. The van der Waals surface area contributed by atoms with Crippen molar-refractivity contribution in [2.75, 3.05) is 19.6 Å². The molecule has 0 aromatic heterocycles. The minimum absolute atomic E-state index is 0. The van der Waals surface area contributed by atoms with Crippen LogP contribution < -0.4 is 5.32 Å². The zero-order valence-corrected chi connectivity index (χ0v) is 11.4. The molecule has 1 heterocycles. The van der Waals surface area contributed by atoms with Crippen LogP contribution in [0.25, 0.3) is 0 Å². The fourth-order valence-electron chi connectivity index (χ4n) is 2.11. The lowest BCUT2D eigenvalue weighted by molar-refractivity contribution is 0.0708. The van der Waals surface area contributed by atoms with Gasteiger partial charge < -0.3 is 10.2 Å². The van der Waals surface area contributed by atoms with Crippen LogP contribution >= 0.6 is 12.4 Å². The van der Waals surface area contributed by atoms with Gasteiger partial charge in [0, 0.05) is 31.2 Å². The van der Waals surface area contributed by atoms with E-state index in [1.165, 1.54) is 12.1 Å². The molecule has 0 unspecified atom stereocenters. The highest BCUT2D eigenvalue weighted by molar-refractivity contribution is 5.95. The van der Waals surface area contributed by atoms with Crippen LogP contribution in [0.15, 0.2) is 18.2 Å². The first-order chi connectivity index (χ1) is 8.08. The van der Waals surface area contributed by atoms with Crippen LogP contribution in [0.3, 0.4) is 0 Å². The van der Waals surface area contributed by atoms with Crippen molar-refractivity contribution < 1.29 is 9.18 Å². The number of aryl methyl sites for hydroxylation is 1. The number of benzene rings is 1. The highest BCUT2D eigenvalue weighted by atomic mass is 35.5. The van der Waals surface area contributed by atoms with Crippen LogP contribution in [0.2, 0.25) is 0 Å². The van der Waals surface area contributed by atoms with Crippen molar-refractivity contribution >= 4 is 18.3 Å². The summed E-state index contributed by atoms with van der Waals surface area (Å²) in [7, 11) is 0. The fraction of sp³-hybridized carbons (Fsp3) is 0.462. The van der Waals surface area contributed by atoms with E-state index in [9.17, 15) is 9.18 Å². The quantitative estimate of drug-likeness (QED) is 0.848. The van der Waals surface area contributed by atoms with Crippen LogP contribution in [0, 0.1) is 12.7 Å². The topological polar surface area (TPSA) is 32.3 Å². The van der Waals surface area contributed by atoms with Gasteiger partial charge in [-0.25, -0.2) is 4.39 Å². The summed E-state index contributed by atoms with van der Waals surface area (Å²) in [6.45, 7) is 6.02. The molecule has 0 spiro atoms. The molecule has 0 aliphatic carbocycles. The van der Waals surface area contributed by atoms with Crippen molar-refractivity contribution in [3.05, 3.63) is 35.1 Å². The number of carbonyl (C=O) groups is 1. The van der Waals surface area contributed by atoms with Gasteiger partial charge >= 0.3 is 0 Å². The maximum atomic E-state index is 13.2. The molecule has 0 bridgehead atoms. The minimum atomic E-state index is -0.359. The van der Waals surface area contributed by atoms with Gasteiger partial charge in [-0.15, -0.1) is 12.4 Å². The van der Waals surface area contributed by atoms with Crippen LogP contribution in [0.1, 0.15) is 22.8 Å². The summed E-state index contributed by atoms with van der Waals surface area (Å²) in [6, 6.07) is 4.65. The van der Waals surface area contributed by atoms with E-state index in [4.69, 9.17) is 0 Å². The molecule has 1 atom stereocenters. The van der Waals surface area contributed by atoms with E-state index in [0.29, 0.717) is 24.7 Å². The molecule has 1 N–H and O–H groups in total. The smallest absolute Gasteiger partial charge is 0.254 e. The van der Waals surface area contributed by atoms with Crippen LogP contribution in [0.5, 0.6) is 0 Å². The number of nitrogens with zero attached hydrogens (tertiary/aromatic N) is 1. The second-order valence-corrected chi connectivity index (χ2v) is 4.57. The Hall–Kier alpha value is -1.13. The Kier molecular flexibility index (Phi) is 5.11. The fourth-order valence-corrected chi connectivity index (χ4v) is 2.11. The van der Waals surface area contributed by atoms with E-state index < -0.39 is 0 Å². The number of nitrogens with one attached hydrogen (secondary N) is 1. The van der Waals surface area contributed by atoms with E-state index in [2.05, 4.69) is 5.32 Å². The molecule has 1 aliphatic heterocycles. The number of amides is 1. The predicted octanol–water partition coefficient (Wildman–Crippen LogP) is 1.99. The Morgan fingerprint density at radius 3 is 2.89 bits per heavy atom. The van der Waals surface area contributed by atoms with Crippen LogP contribution in [-0.2, 0) is 0 Å². The molecule has 2 rings (SSSR count). The molecule has 1 aromatic rings. The second kappa shape index (κ2) is 6.16. The standard InChI is InChI=1S/C13H17FN2O.ClH/c1-9-3-4-11(14)7-12(9)13(17)16-6-5-15-10(2)8-16;/h3-4,7,10,15H,5-6,8H2,1-2H3;1H/t10-;/m0./s1. The maximum absolute atomic E-state index is 13.2. The van der Waals surface area contributed by atoms with Gasteiger partial charge in [-0.2, -0.15) is 0 Å². The minimum Gasteiger partial charge on any atom is -0.336 e. The van der Waals surface area contributed by atoms with E-state index in [1.807, 2.05) is 13.8 Å². The van der Waals surface area contributed by atoms with Crippen LogP contribution in [0.4, 0.5) is 4.39 Å². The Morgan fingerprint density at radius 2 is 2.22 bits per heavy atom. The lowest BCUT2D eigenvalue weighted by Gasteiger charge is -2.32. The summed E-state index contributed by atoms with van der Waals surface area (Å²) >= 11 is 0. The summed E-state index contributed by atoms with van der Waals surface area (Å²) < 4.78 is 13.2. The molecule has 100 valence electrons. The Labute approximate surface area is 113 Å². The molecule has 1 aromatic carbocycles. The molecule has 1 fully saturated rings. The van der Waals surface area contributed by atoms with Gasteiger partial charge in [0.05, 0.1) is 0 Å². The average molecular weight is 273 g/mol. The maximum Gasteiger partial charge on any atom is 0.254 e. The first-order valence-corrected chi connectivity index (χ1v) is 5.87. The second-order valence-electron chi connectivity index (χ2n) is 4.57. The van der Waals surface area contributed by atoms with Gasteiger partial charge in [0.2, 0.25) is 0 Å². The normalized spacial score (nSPS) is 19.3. The molecular formula is C13H18ClFN2O. The third kappa shape index (κ3) is 3.21. The molecule has 1 amide bonds. The van der Waals surface area contributed by atoms with Gasteiger partial charge in [0.25, 0.3) is 5.91 Å². The first kappa shape index (κ1) is 14.9. The van der Waals surface area contributed by atoms with Crippen molar-refractivity contribution in [3.63, 3.8) is 0 Å². The summed E-state index contributed by atoms with van der Waals surface area (Å²) in [5, 5.41) is 3.28. The Morgan fingerprint density at radius 1 is 1.50 bits per heavy atom. The third-order valence-corrected chi connectivity index (χ3v) is 3.09. The number of hydrogen-bond donors (Lipinski definition) is 1. The molecule has 0 saturated carbocycles. The van der Waals surface area contributed by atoms with E-state index in [1.54, 1.807) is 11.0 Å². The van der Waals surface area contributed by atoms with Gasteiger partial charge in [-0.1, -0.05) is 6.07 Å². The highest BCUT2D eigenvalue weighted by Gasteiger charge is 2.22. The molecule has 5 heteroatoms. The molecule has 3 nitrogen and oxygen atoms in total. The zero-order chi connectivity index (χ0) is 12.4. The van der Waals surface area contributed by atoms with Crippen molar-refractivity contribution in [1.82, 2.24) is 10.2 Å². The lowest BCUT2D eigenvalue weighted by atomic mass is 10.1. The number of halogens is 2. The lowest BCUT2D eigenvalue weighted by Crippen LogP contribution is -2.51. The molecule has 18 heavy (non-hydrogen) atoms. The summed E-state index contributed by atoms with van der Waals surface area (Å²) in [5.41, 5.74) is 1.29. The number of rotatable bonds is 1. The molecule has 0 radical (unpaired) electrons. The van der Waals surface area contributed by atoms with E-state index in [0.717, 1.165) is 12.1 Å². The zero-order valence-electron chi connectivity index (χ0n) is 10.6. The van der Waals surface area contributed by atoms with E-state index in [-0.39, 0.29) is 24.1 Å². The van der Waals surface area contributed by atoms with Gasteiger partial charge in [-0.05, 0) is 31.5 Å². The van der Waals surface area contributed by atoms with E-state index >= 15 is 0 Å². The van der Waals surface area contributed by atoms with Crippen molar-refractivity contribution in [2.45, 2.75) is 19.9 Å². The molecule has 1 saturated heterocycles. The van der Waals surface area contributed by atoms with Crippen molar-refractivity contribution in [2.24, 2.45) is 0 Å². The molecule has 1 aliphatic rings. The first-order valence-electron chi connectivity index (χ1n) is 5.87. The third-order valence-electron chi connectivity index (χ3n) is 3.09. The van der Waals surface area contributed by atoms with Gasteiger partial charge in [0.1, 0.15) is 5.82 Å². The number of carbonyl (C=O) groups excluding carboxylic acids is 1. The van der Waals surface area contributed by atoms with Gasteiger partial charge in [-0.3, -0.25) is 4.79 Å². The van der Waals surface area contributed by atoms with Crippen LogP contribution in [-0.4, -0.2) is 36.5 Å². The number of hydrogen-bond acceptors (Lipinski definition) is 2. The van der Waals surface area contributed by atoms with Crippen molar-refractivity contribution in [3.8, 4) is 0 Å².